The van der Waals surface area contributed by atoms with Crippen LogP contribution in [0, 0.1) is 0 Å². The highest BCUT2D eigenvalue weighted by Gasteiger charge is 2.21. The topological polar surface area (TPSA) is 30.2 Å². The highest BCUT2D eigenvalue weighted by atomic mass is 32.1. The quantitative estimate of drug-likeness (QED) is 0.270. The fourth-order valence-corrected chi connectivity index (χ4v) is 6.43. The molecule has 5 aromatic heterocycles. The van der Waals surface area contributed by atoms with Crippen LogP contribution in [-0.4, -0.2) is 14.4 Å². The van der Waals surface area contributed by atoms with Crippen molar-refractivity contribution in [3.05, 3.63) is 91.4 Å². The van der Waals surface area contributed by atoms with Crippen LogP contribution in [0.3, 0.4) is 0 Å². The second-order valence-corrected chi connectivity index (χ2v) is 9.38. The SMILES string of the molecule is c1ccc2cc3c(cc2c1)c1cncc2c4cc(-c5nccc6ccccc56)sc4n3c12. The molecule has 0 saturated carbocycles. The van der Waals surface area contributed by atoms with Crippen LogP contribution in [0.1, 0.15) is 0 Å². The van der Waals surface area contributed by atoms with Gasteiger partial charge in [-0.1, -0.05) is 48.5 Å². The zero-order valence-corrected chi connectivity index (χ0v) is 17.7. The largest absolute Gasteiger partial charge is 0.299 e. The van der Waals surface area contributed by atoms with Crippen LogP contribution < -0.4 is 0 Å². The van der Waals surface area contributed by atoms with E-state index >= 15 is 0 Å². The summed E-state index contributed by atoms with van der Waals surface area (Å²) in [5.74, 6) is 0. The first-order chi connectivity index (χ1) is 15.9. The summed E-state index contributed by atoms with van der Waals surface area (Å²) in [6.07, 6.45) is 5.93. The van der Waals surface area contributed by atoms with Crippen molar-refractivity contribution in [1.29, 1.82) is 0 Å². The van der Waals surface area contributed by atoms with Crippen molar-refractivity contribution in [2.75, 3.05) is 0 Å². The summed E-state index contributed by atoms with van der Waals surface area (Å²) in [5, 5.41) is 9.87. The second-order valence-electron chi connectivity index (χ2n) is 8.35. The Bertz CT molecular complexity index is 1990. The lowest BCUT2D eigenvalue weighted by atomic mass is 10.1. The van der Waals surface area contributed by atoms with Crippen molar-refractivity contribution in [2.45, 2.75) is 0 Å². The molecule has 0 aliphatic rings. The van der Waals surface area contributed by atoms with Crippen LogP contribution in [0.2, 0.25) is 0 Å². The summed E-state index contributed by atoms with van der Waals surface area (Å²) < 4.78 is 2.43. The van der Waals surface area contributed by atoms with Crippen molar-refractivity contribution in [3.63, 3.8) is 0 Å². The van der Waals surface area contributed by atoms with Crippen LogP contribution in [0.5, 0.6) is 0 Å². The molecule has 4 heteroatoms. The first-order valence-electron chi connectivity index (χ1n) is 10.7. The zero-order chi connectivity index (χ0) is 20.8. The molecule has 0 spiro atoms. The summed E-state index contributed by atoms with van der Waals surface area (Å²) in [5.41, 5.74) is 3.56. The number of hydrogen-bond donors (Lipinski definition) is 0. The Hall–Kier alpha value is -4.02. The predicted molar refractivity (Wildman–Crippen MR) is 135 cm³/mol. The highest BCUT2D eigenvalue weighted by molar-refractivity contribution is 7.22. The number of hydrogen-bond acceptors (Lipinski definition) is 3. The van der Waals surface area contributed by atoms with E-state index in [2.05, 4.69) is 82.2 Å². The summed E-state index contributed by atoms with van der Waals surface area (Å²) in [6, 6.07) is 26.0. The number of thiophene rings is 1. The van der Waals surface area contributed by atoms with Crippen LogP contribution >= 0.6 is 11.3 Å². The molecule has 3 aromatic carbocycles. The number of aromatic nitrogens is 3. The van der Waals surface area contributed by atoms with Crippen molar-refractivity contribution >= 4 is 70.3 Å². The van der Waals surface area contributed by atoms with Crippen LogP contribution in [0.4, 0.5) is 0 Å². The molecule has 0 radical (unpaired) electrons. The second kappa shape index (κ2) is 5.81. The van der Waals surface area contributed by atoms with E-state index in [-0.39, 0.29) is 0 Å². The average molecular weight is 426 g/mol. The molecule has 0 amide bonds. The van der Waals surface area contributed by atoms with Crippen molar-refractivity contribution in [3.8, 4) is 10.6 Å². The monoisotopic (exact) mass is 425 g/mol. The van der Waals surface area contributed by atoms with Crippen LogP contribution in [0.15, 0.2) is 91.4 Å². The summed E-state index contributed by atoms with van der Waals surface area (Å²) >= 11 is 1.82. The molecular formula is C28H15N3S. The zero-order valence-electron chi connectivity index (χ0n) is 16.9. The lowest BCUT2D eigenvalue weighted by Gasteiger charge is -2.03. The van der Waals surface area contributed by atoms with E-state index in [1.807, 2.05) is 29.9 Å². The lowest BCUT2D eigenvalue weighted by Crippen LogP contribution is -1.83. The van der Waals surface area contributed by atoms with Gasteiger partial charge in [-0.25, -0.2) is 0 Å². The van der Waals surface area contributed by atoms with Crippen molar-refractivity contribution < 1.29 is 0 Å². The first kappa shape index (κ1) is 16.6. The highest BCUT2D eigenvalue weighted by Crippen LogP contribution is 2.45. The van der Waals surface area contributed by atoms with Gasteiger partial charge in [0.2, 0.25) is 0 Å². The summed E-state index contributed by atoms with van der Waals surface area (Å²) in [6.45, 7) is 0. The molecule has 0 bridgehead atoms. The van der Waals surface area contributed by atoms with E-state index in [9.17, 15) is 0 Å². The number of fused-ring (bicyclic) bond motifs is 8. The molecule has 32 heavy (non-hydrogen) atoms. The van der Waals surface area contributed by atoms with Gasteiger partial charge in [-0.3, -0.25) is 14.4 Å². The van der Waals surface area contributed by atoms with E-state index in [1.54, 1.807) is 0 Å². The molecule has 8 rings (SSSR count). The van der Waals surface area contributed by atoms with Crippen molar-refractivity contribution in [1.82, 2.24) is 14.4 Å². The van der Waals surface area contributed by atoms with Gasteiger partial charge in [0.15, 0.2) is 0 Å². The fraction of sp³-hybridized carbons (Fsp3) is 0. The Labute approximate surface area is 186 Å². The minimum Gasteiger partial charge on any atom is -0.299 e. The number of nitrogens with zero attached hydrogens (tertiary/aromatic N) is 3. The maximum atomic E-state index is 4.77. The van der Waals surface area contributed by atoms with E-state index in [0.29, 0.717) is 0 Å². The van der Waals surface area contributed by atoms with Crippen LogP contribution in [-0.2, 0) is 0 Å². The summed E-state index contributed by atoms with van der Waals surface area (Å²) in [7, 11) is 0. The molecule has 0 aliphatic heterocycles. The average Bonchev–Trinajstić information content (AvgIpc) is 3.49. The fourth-order valence-electron chi connectivity index (χ4n) is 5.22. The van der Waals surface area contributed by atoms with Gasteiger partial charge >= 0.3 is 0 Å². The van der Waals surface area contributed by atoms with Gasteiger partial charge in [0.05, 0.1) is 21.6 Å². The molecule has 0 fully saturated rings. The third-order valence-corrected chi connectivity index (χ3v) is 7.78. The minimum atomic E-state index is 1.05. The molecular weight excluding hydrogens is 410 g/mol. The molecule has 3 nitrogen and oxygen atoms in total. The van der Waals surface area contributed by atoms with Gasteiger partial charge in [-0.15, -0.1) is 11.3 Å². The van der Waals surface area contributed by atoms with E-state index in [1.165, 1.54) is 63.8 Å². The molecule has 0 atom stereocenters. The molecule has 0 aliphatic carbocycles. The van der Waals surface area contributed by atoms with E-state index < -0.39 is 0 Å². The summed E-state index contributed by atoms with van der Waals surface area (Å²) in [4.78, 5) is 11.8. The van der Waals surface area contributed by atoms with Gasteiger partial charge in [-0.05, 0) is 40.4 Å². The standard InChI is InChI=1S/C28H15N3S/c1-2-7-18-12-24-20(11-17(18)6-1)22-14-29-15-23-21-13-25(32-28(21)31(24)27(22)23)26-19-8-4-3-5-16(19)9-10-30-26/h1-15H. The molecule has 5 heterocycles. The van der Waals surface area contributed by atoms with Gasteiger partial charge in [-0.2, -0.15) is 0 Å². The smallest absolute Gasteiger partial charge is 0.109 e. The van der Waals surface area contributed by atoms with Crippen molar-refractivity contribution in [2.24, 2.45) is 0 Å². The van der Waals surface area contributed by atoms with Gasteiger partial charge in [0.1, 0.15) is 4.83 Å². The Balaban J connectivity index is 1.54. The molecule has 0 unspecified atom stereocenters. The molecule has 8 aromatic rings. The molecule has 0 saturated heterocycles. The van der Waals surface area contributed by atoms with Crippen LogP contribution in [0.25, 0.3) is 69.5 Å². The normalized spacial score (nSPS) is 12.4. The predicted octanol–water partition coefficient (Wildman–Crippen LogP) is 7.66. The Morgan fingerprint density at radius 3 is 2.28 bits per heavy atom. The third kappa shape index (κ3) is 2.00. The van der Waals surface area contributed by atoms with E-state index in [4.69, 9.17) is 4.98 Å². The van der Waals surface area contributed by atoms with E-state index in [0.717, 1.165) is 5.69 Å². The molecule has 148 valence electrons. The molecule has 0 N–H and O–H groups in total. The third-order valence-electron chi connectivity index (χ3n) is 6.65. The Morgan fingerprint density at radius 2 is 1.41 bits per heavy atom. The van der Waals surface area contributed by atoms with Gasteiger partial charge < -0.3 is 0 Å². The maximum Gasteiger partial charge on any atom is 0.109 e. The Kier molecular flexibility index (Phi) is 3.02. The lowest BCUT2D eigenvalue weighted by molar-refractivity contribution is 1.36. The maximum absolute atomic E-state index is 4.77. The van der Waals surface area contributed by atoms with Gasteiger partial charge in [0, 0.05) is 45.5 Å². The van der Waals surface area contributed by atoms with Gasteiger partial charge in [0.25, 0.3) is 0 Å². The number of pyridine rings is 2. The first-order valence-corrected chi connectivity index (χ1v) is 11.5. The number of benzene rings is 3. The Morgan fingerprint density at radius 1 is 0.656 bits per heavy atom. The number of rotatable bonds is 1. The minimum absolute atomic E-state index is 1.05.